The maximum absolute atomic E-state index is 13.0. The third-order valence-electron chi connectivity index (χ3n) is 2.58. The van der Waals surface area contributed by atoms with Gasteiger partial charge in [0.25, 0.3) is 0 Å². The number of anilines is 2. The summed E-state index contributed by atoms with van der Waals surface area (Å²) in [5.41, 5.74) is 1.16. The summed E-state index contributed by atoms with van der Waals surface area (Å²) in [7, 11) is 1.65. The average Bonchev–Trinajstić information content (AvgIpc) is 2.38. The zero-order chi connectivity index (χ0) is 13.8. The maximum atomic E-state index is 13.0. The van der Waals surface area contributed by atoms with E-state index in [1.165, 1.54) is 17.0 Å². The summed E-state index contributed by atoms with van der Waals surface area (Å²) >= 11 is 3.35. The van der Waals surface area contributed by atoms with Crippen LogP contribution in [0.2, 0.25) is 0 Å². The Hall–Kier alpha value is -1.88. The highest BCUT2D eigenvalue weighted by atomic mass is 79.9. The van der Waals surface area contributed by atoms with E-state index in [1.54, 1.807) is 19.2 Å². The molecule has 1 N–H and O–H groups in total. The zero-order valence-electron chi connectivity index (χ0n) is 10.2. The number of carbonyl (C=O) groups excluding carboxylic acids is 1. The Morgan fingerprint density at radius 2 is 1.95 bits per heavy atom. The van der Waals surface area contributed by atoms with E-state index >= 15 is 0 Å². The lowest BCUT2D eigenvalue weighted by atomic mass is 10.3. The van der Waals surface area contributed by atoms with Crippen molar-refractivity contribution in [2.24, 2.45) is 0 Å². The molecular formula is C14H12BrFN2O. The lowest BCUT2D eigenvalue weighted by molar-refractivity contribution is 0.258. The minimum atomic E-state index is -0.386. The predicted molar refractivity (Wildman–Crippen MR) is 78.0 cm³/mol. The predicted octanol–water partition coefficient (Wildman–Crippen LogP) is 4.26. The van der Waals surface area contributed by atoms with Crippen molar-refractivity contribution in [2.75, 3.05) is 17.3 Å². The van der Waals surface area contributed by atoms with Crippen LogP contribution in [-0.2, 0) is 0 Å². The van der Waals surface area contributed by atoms with Crippen molar-refractivity contribution < 1.29 is 9.18 Å². The molecule has 3 nitrogen and oxygen atoms in total. The number of carbonyl (C=O) groups is 1. The lowest BCUT2D eigenvalue weighted by Gasteiger charge is -2.18. The van der Waals surface area contributed by atoms with Crippen LogP contribution in [0.25, 0.3) is 0 Å². The summed E-state index contributed by atoms with van der Waals surface area (Å²) in [5, 5.41) is 2.63. The van der Waals surface area contributed by atoms with Gasteiger partial charge in [0, 0.05) is 22.9 Å². The Labute approximate surface area is 119 Å². The molecule has 2 amide bonds. The van der Waals surface area contributed by atoms with Crippen LogP contribution in [-0.4, -0.2) is 13.1 Å². The molecule has 0 saturated heterocycles. The van der Waals surface area contributed by atoms with Crippen molar-refractivity contribution in [3.05, 3.63) is 58.8 Å². The van der Waals surface area contributed by atoms with Gasteiger partial charge in [0.2, 0.25) is 0 Å². The SMILES string of the molecule is CN(C(=O)Nc1cccc(F)c1)c1cccc(Br)c1. The maximum Gasteiger partial charge on any atom is 0.326 e. The highest BCUT2D eigenvalue weighted by Crippen LogP contribution is 2.19. The molecule has 0 aliphatic rings. The van der Waals surface area contributed by atoms with E-state index in [2.05, 4.69) is 21.2 Å². The number of rotatable bonds is 2. The van der Waals surface area contributed by atoms with Gasteiger partial charge in [0.15, 0.2) is 0 Å². The second-order valence-electron chi connectivity index (χ2n) is 3.98. The van der Waals surface area contributed by atoms with E-state index in [0.717, 1.165) is 10.2 Å². The van der Waals surface area contributed by atoms with Gasteiger partial charge in [0.1, 0.15) is 5.82 Å². The first-order valence-corrected chi connectivity index (χ1v) is 6.41. The Kier molecular flexibility index (Phi) is 4.16. The highest BCUT2D eigenvalue weighted by molar-refractivity contribution is 9.10. The van der Waals surface area contributed by atoms with Crippen LogP contribution < -0.4 is 10.2 Å². The smallest absolute Gasteiger partial charge is 0.307 e. The van der Waals surface area contributed by atoms with Crippen LogP contribution in [0.1, 0.15) is 0 Å². The van der Waals surface area contributed by atoms with Crippen LogP contribution in [0.4, 0.5) is 20.6 Å². The van der Waals surface area contributed by atoms with Gasteiger partial charge in [0.05, 0.1) is 0 Å². The van der Waals surface area contributed by atoms with E-state index < -0.39 is 0 Å². The molecular weight excluding hydrogens is 311 g/mol. The molecule has 2 aromatic rings. The van der Waals surface area contributed by atoms with Gasteiger partial charge in [-0.25, -0.2) is 9.18 Å². The fourth-order valence-electron chi connectivity index (χ4n) is 1.58. The van der Waals surface area contributed by atoms with E-state index in [-0.39, 0.29) is 11.8 Å². The molecule has 19 heavy (non-hydrogen) atoms. The molecule has 0 aliphatic heterocycles. The summed E-state index contributed by atoms with van der Waals surface area (Å²) in [5.74, 6) is -0.386. The Morgan fingerprint density at radius 3 is 2.63 bits per heavy atom. The van der Waals surface area contributed by atoms with Gasteiger partial charge in [-0.15, -0.1) is 0 Å². The van der Waals surface area contributed by atoms with Crippen LogP contribution in [0.15, 0.2) is 53.0 Å². The summed E-state index contributed by atoms with van der Waals surface area (Å²) < 4.78 is 13.9. The van der Waals surface area contributed by atoms with Gasteiger partial charge < -0.3 is 5.32 Å². The molecule has 0 heterocycles. The van der Waals surface area contributed by atoms with Crippen molar-refractivity contribution >= 4 is 33.3 Å². The molecule has 5 heteroatoms. The number of benzene rings is 2. The number of hydrogen-bond donors (Lipinski definition) is 1. The number of nitrogens with one attached hydrogen (secondary N) is 1. The van der Waals surface area contributed by atoms with E-state index in [9.17, 15) is 9.18 Å². The second kappa shape index (κ2) is 5.84. The highest BCUT2D eigenvalue weighted by Gasteiger charge is 2.11. The Balaban J connectivity index is 2.12. The molecule has 0 unspecified atom stereocenters. The third kappa shape index (κ3) is 3.54. The molecule has 0 spiro atoms. The minimum absolute atomic E-state index is 0.330. The normalized spacial score (nSPS) is 10.1. The van der Waals surface area contributed by atoms with Crippen LogP contribution in [0.3, 0.4) is 0 Å². The quantitative estimate of drug-likeness (QED) is 0.880. The number of hydrogen-bond acceptors (Lipinski definition) is 1. The van der Waals surface area contributed by atoms with Gasteiger partial charge in [-0.2, -0.15) is 0 Å². The van der Waals surface area contributed by atoms with Crippen molar-refractivity contribution in [2.45, 2.75) is 0 Å². The first-order valence-electron chi connectivity index (χ1n) is 5.62. The fourth-order valence-corrected chi connectivity index (χ4v) is 1.96. The molecule has 0 fully saturated rings. The van der Waals surface area contributed by atoms with E-state index in [0.29, 0.717) is 5.69 Å². The monoisotopic (exact) mass is 322 g/mol. The zero-order valence-corrected chi connectivity index (χ0v) is 11.8. The van der Waals surface area contributed by atoms with Gasteiger partial charge >= 0.3 is 6.03 Å². The van der Waals surface area contributed by atoms with Gasteiger partial charge in [-0.3, -0.25) is 4.90 Å². The number of halogens is 2. The summed E-state index contributed by atoms with van der Waals surface area (Å²) in [6, 6.07) is 12.8. The standard InChI is InChI=1S/C14H12BrFN2O/c1-18(13-7-2-4-10(15)8-13)14(19)17-12-6-3-5-11(16)9-12/h2-9H,1H3,(H,17,19). The fraction of sp³-hybridized carbons (Fsp3) is 0.0714. The lowest BCUT2D eigenvalue weighted by Crippen LogP contribution is -2.31. The first kappa shape index (κ1) is 13.5. The molecule has 2 rings (SSSR count). The number of amides is 2. The van der Waals surface area contributed by atoms with Crippen molar-refractivity contribution in [1.29, 1.82) is 0 Å². The van der Waals surface area contributed by atoms with E-state index in [4.69, 9.17) is 0 Å². The number of urea groups is 1. The largest absolute Gasteiger partial charge is 0.326 e. The Morgan fingerprint density at radius 1 is 1.21 bits per heavy atom. The summed E-state index contributed by atoms with van der Waals surface area (Å²) in [4.78, 5) is 13.5. The summed E-state index contributed by atoms with van der Waals surface area (Å²) in [6.45, 7) is 0. The van der Waals surface area contributed by atoms with Gasteiger partial charge in [-0.1, -0.05) is 28.1 Å². The minimum Gasteiger partial charge on any atom is -0.307 e. The van der Waals surface area contributed by atoms with Crippen molar-refractivity contribution in [3.63, 3.8) is 0 Å². The molecule has 0 aliphatic carbocycles. The molecule has 98 valence electrons. The topological polar surface area (TPSA) is 32.3 Å². The van der Waals surface area contributed by atoms with Crippen LogP contribution in [0, 0.1) is 5.82 Å². The average molecular weight is 323 g/mol. The molecule has 0 saturated carbocycles. The number of nitrogens with zero attached hydrogens (tertiary/aromatic N) is 1. The first-order chi connectivity index (χ1) is 9.06. The van der Waals surface area contributed by atoms with Crippen LogP contribution >= 0.6 is 15.9 Å². The molecule has 0 radical (unpaired) electrons. The van der Waals surface area contributed by atoms with Crippen LogP contribution in [0.5, 0.6) is 0 Å². The second-order valence-corrected chi connectivity index (χ2v) is 4.90. The molecule has 0 bridgehead atoms. The molecule has 0 aromatic heterocycles. The van der Waals surface area contributed by atoms with Gasteiger partial charge in [-0.05, 0) is 36.4 Å². The van der Waals surface area contributed by atoms with E-state index in [1.807, 2.05) is 24.3 Å². The molecule has 2 aromatic carbocycles. The summed E-state index contributed by atoms with van der Waals surface area (Å²) in [6.07, 6.45) is 0. The molecule has 0 atom stereocenters. The van der Waals surface area contributed by atoms with Crippen molar-refractivity contribution in [3.8, 4) is 0 Å². The van der Waals surface area contributed by atoms with Crippen molar-refractivity contribution in [1.82, 2.24) is 0 Å². The third-order valence-corrected chi connectivity index (χ3v) is 3.07. The Bertz CT molecular complexity index is 604.